The quantitative estimate of drug-likeness (QED) is 0.488. The van der Waals surface area contributed by atoms with Gasteiger partial charge in [0.2, 0.25) is 0 Å². The molecule has 184 valence electrons. The van der Waals surface area contributed by atoms with Crippen LogP contribution in [0.25, 0.3) is 10.2 Å². The van der Waals surface area contributed by atoms with E-state index in [2.05, 4.69) is 31.2 Å². The molecule has 2 N–H and O–H groups in total. The van der Waals surface area contributed by atoms with Gasteiger partial charge < -0.3 is 24.8 Å². The van der Waals surface area contributed by atoms with Gasteiger partial charge in [-0.05, 0) is 37.5 Å². The molecule has 2 aromatic carbocycles. The van der Waals surface area contributed by atoms with Crippen LogP contribution in [0.4, 0.5) is 14.5 Å². The molecule has 13 heteroatoms. The van der Waals surface area contributed by atoms with Crippen molar-refractivity contribution in [3.05, 3.63) is 39.9 Å². The first kappa shape index (κ1) is 22.8. The number of ether oxygens (including phenoxy) is 3. The molecule has 3 aliphatic carbocycles. The summed E-state index contributed by atoms with van der Waals surface area (Å²) >= 11 is 7.11. The second-order valence-corrected chi connectivity index (χ2v) is 10.7. The summed E-state index contributed by atoms with van der Waals surface area (Å²) in [6.07, 6.45) is -2.38. The standard InChI is InChI=1S/C23H15ClF2N4O5S/c1-33-13-3-2-11-17(36-20(24)29-11)16(13)19(32)28-12-5-15-14(34-23(25,26)35-15)4-10(12)18(31)30-22-6-21(7-22,8-22)9-27/h2-5H,6-8H2,1H3,(H,28,32)(H,30,31). The molecule has 0 saturated heterocycles. The van der Waals surface area contributed by atoms with Crippen LogP contribution in [-0.2, 0) is 0 Å². The van der Waals surface area contributed by atoms with Gasteiger partial charge in [0.05, 0.1) is 40.1 Å². The number of carbonyl (C=O) groups is 2. The Hall–Kier alpha value is -3.69. The summed E-state index contributed by atoms with van der Waals surface area (Å²) in [7, 11) is 1.39. The molecule has 9 nitrogen and oxygen atoms in total. The highest BCUT2D eigenvalue weighted by Gasteiger charge is 2.69. The summed E-state index contributed by atoms with van der Waals surface area (Å²) in [5.41, 5.74) is -0.533. The van der Waals surface area contributed by atoms with E-state index in [-0.39, 0.29) is 38.5 Å². The normalized spacial score (nSPS) is 24.3. The number of anilines is 1. The monoisotopic (exact) mass is 532 g/mol. The molecule has 3 saturated carbocycles. The minimum atomic E-state index is -3.92. The Kier molecular flexibility index (Phi) is 4.68. The van der Waals surface area contributed by atoms with Gasteiger partial charge in [-0.1, -0.05) is 11.6 Å². The zero-order valence-corrected chi connectivity index (χ0v) is 20.0. The molecule has 1 aliphatic heterocycles. The van der Waals surface area contributed by atoms with Crippen LogP contribution in [-0.4, -0.2) is 35.7 Å². The second-order valence-electron chi connectivity index (χ2n) is 9.08. The highest BCUT2D eigenvalue weighted by molar-refractivity contribution is 7.22. The van der Waals surface area contributed by atoms with Crippen LogP contribution in [0.5, 0.6) is 17.2 Å². The number of methoxy groups -OCH3 is 1. The maximum absolute atomic E-state index is 13.7. The predicted octanol–water partition coefficient (Wildman–Crippen LogP) is 4.71. The molecule has 0 spiro atoms. The van der Waals surface area contributed by atoms with Gasteiger partial charge in [0, 0.05) is 11.6 Å². The third kappa shape index (κ3) is 3.42. The Balaban J connectivity index is 1.36. The van der Waals surface area contributed by atoms with Crippen molar-refractivity contribution in [2.45, 2.75) is 31.1 Å². The number of nitrogens with one attached hydrogen (secondary N) is 2. The number of thiazole rings is 1. The third-order valence-electron chi connectivity index (χ3n) is 6.62. The first-order valence-electron chi connectivity index (χ1n) is 10.7. The van der Waals surface area contributed by atoms with E-state index in [1.807, 2.05) is 0 Å². The molecule has 4 aliphatic rings. The highest BCUT2D eigenvalue weighted by Crippen LogP contribution is 2.66. The van der Waals surface area contributed by atoms with Gasteiger partial charge in [-0.3, -0.25) is 9.59 Å². The number of nitriles is 1. The van der Waals surface area contributed by atoms with E-state index in [1.54, 1.807) is 12.1 Å². The SMILES string of the molecule is COc1ccc2nc(Cl)sc2c1C(=O)Nc1cc2c(cc1C(=O)NC13CC(C#N)(C1)C3)OC(F)(F)O2. The van der Waals surface area contributed by atoms with Crippen molar-refractivity contribution in [1.82, 2.24) is 10.3 Å². The topological polar surface area (TPSA) is 123 Å². The molecule has 7 rings (SSSR count). The van der Waals surface area contributed by atoms with Gasteiger partial charge in [0.25, 0.3) is 11.8 Å². The van der Waals surface area contributed by atoms with Crippen LogP contribution >= 0.6 is 22.9 Å². The average molecular weight is 533 g/mol. The summed E-state index contributed by atoms with van der Waals surface area (Å²) in [6.45, 7) is 0. The third-order valence-corrected chi connectivity index (χ3v) is 7.81. The van der Waals surface area contributed by atoms with Crippen LogP contribution in [0.1, 0.15) is 40.0 Å². The van der Waals surface area contributed by atoms with Crippen molar-refractivity contribution in [2.75, 3.05) is 12.4 Å². The summed E-state index contributed by atoms with van der Waals surface area (Å²) in [6, 6.07) is 7.65. The minimum absolute atomic E-state index is 0.0752. The molecule has 0 unspecified atom stereocenters. The number of hydrogen-bond donors (Lipinski definition) is 2. The van der Waals surface area contributed by atoms with Crippen molar-refractivity contribution in [3.63, 3.8) is 0 Å². The Morgan fingerprint density at radius 3 is 2.56 bits per heavy atom. The van der Waals surface area contributed by atoms with E-state index in [0.29, 0.717) is 29.5 Å². The lowest BCUT2D eigenvalue weighted by Gasteiger charge is -2.66. The second kappa shape index (κ2) is 7.41. The molecule has 0 atom stereocenters. The summed E-state index contributed by atoms with van der Waals surface area (Å²) < 4.78 is 42.5. The Labute approximate surface area is 210 Å². The maximum atomic E-state index is 13.7. The Morgan fingerprint density at radius 1 is 1.19 bits per heavy atom. The van der Waals surface area contributed by atoms with Crippen LogP contribution < -0.4 is 24.8 Å². The molecular weight excluding hydrogens is 518 g/mol. The Bertz CT molecular complexity index is 1520. The van der Waals surface area contributed by atoms with E-state index in [9.17, 15) is 23.6 Å². The molecular formula is C23H15ClF2N4O5S. The number of benzene rings is 2. The molecule has 2 bridgehead atoms. The zero-order chi connectivity index (χ0) is 25.5. The van der Waals surface area contributed by atoms with E-state index in [4.69, 9.17) is 16.3 Å². The van der Waals surface area contributed by atoms with Crippen molar-refractivity contribution in [1.29, 1.82) is 5.26 Å². The molecule has 3 fully saturated rings. The fourth-order valence-corrected chi connectivity index (χ4v) is 6.30. The number of hydrogen-bond acceptors (Lipinski definition) is 8. The largest absolute Gasteiger partial charge is 0.586 e. The van der Waals surface area contributed by atoms with Crippen LogP contribution in [0.3, 0.4) is 0 Å². The smallest absolute Gasteiger partial charge is 0.496 e. The number of alkyl halides is 2. The number of fused-ring (bicyclic) bond motifs is 2. The van der Waals surface area contributed by atoms with Crippen molar-refractivity contribution >= 4 is 50.7 Å². The fourth-order valence-electron chi connectivity index (χ4n) is 5.15. The number of carbonyl (C=O) groups excluding carboxylic acids is 2. The number of halogens is 3. The summed E-state index contributed by atoms with van der Waals surface area (Å²) in [5, 5.41) is 14.7. The van der Waals surface area contributed by atoms with Crippen molar-refractivity contribution in [2.24, 2.45) is 5.41 Å². The van der Waals surface area contributed by atoms with Gasteiger partial charge in [-0.2, -0.15) is 5.26 Å². The van der Waals surface area contributed by atoms with E-state index in [0.717, 1.165) is 23.5 Å². The molecule has 3 aromatic rings. The minimum Gasteiger partial charge on any atom is -0.496 e. The molecule has 1 aromatic heterocycles. The van der Waals surface area contributed by atoms with Gasteiger partial charge in [0.1, 0.15) is 11.3 Å². The van der Waals surface area contributed by atoms with Crippen molar-refractivity contribution < 1.29 is 32.6 Å². The van der Waals surface area contributed by atoms with Crippen molar-refractivity contribution in [3.8, 4) is 23.3 Å². The van der Waals surface area contributed by atoms with E-state index in [1.165, 1.54) is 7.11 Å². The first-order valence-corrected chi connectivity index (χ1v) is 11.9. The predicted molar refractivity (Wildman–Crippen MR) is 124 cm³/mol. The number of nitrogens with zero attached hydrogens (tertiary/aromatic N) is 2. The maximum Gasteiger partial charge on any atom is 0.586 e. The molecule has 2 amide bonds. The van der Waals surface area contributed by atoms with Gasteiger partial charge >= 0.3 is 6.29 Å². The van der Waals surface area contributed by atoms with Gasteiger partial charge in [0.15, 0.2) is 16.0 Å². The molecule has 0 radical (unpaired) electrons. The van der Waals surface area contributed by atoms with Gasteiger partial charge in [-0.25, -0.2) is 4.98 Å². The summed E-state index contributed by atoms with van der Waals surface area (Å²) in [4.78, 5) is 30.8. The Morgan fingerprint density at radius 2 is 1.89 bits per heavy atom. The average Bonchev–Trinajstić information content (AvgIpc) is 3.29. The highest BCUT2D eigenvalue weighted by atomic mass is 35.5. The first-order chi connectivity index (χ1) is 17.0. The summed E-state index contributed by atoms with van der Waals surface area (Å²) in [5.74, 6) is -1.74. The van der Waals surface area contributed by atoms with Crippen LogP contribution in [0.2, 0.25) is 4.47 Å². The van der Waals surface area contributed by atoms with E-state index >= 15 is 0 Å². The van der Waals surface area contributed by atoms with Gasteiger partial charge in [-0.15, -0.1) is 20.1 Å². The van der Waals surface area contributed by atoms with E-state index < -0.39 is 29.1 Å². The number of aromatic nitrogens is 1. The zero-order valence-electron chi connectivity index (χ0n) is 18.4. The molecule has 36 heavy (non-hydrogen) atoms. The van der Waals surface area contributed by atoms with Crippen LogP contribution in [0.15, 0.2) is 24.3 Å². The molecule has 2 heterocycles. The lowest BCUT2D eigenvalue weighted by Crippen LogP contribution is -2.74. The lowest BCUT2D eigenvalue weighted by molar-refractivity contribution is -0.286. The fraction of sp³-hybridized carbons (Fsp3) is 0.304. The van der Waals surface area contributed by atoms with Crippen LogP contribution in [0, 0.1) is 16.7 Å². The number of rotatable bonds is 5. The lowest BCUT2D eigenvalue weighted by atomic mass is 9.40. The number of amides is 2.